The van der Waals surface area contributed by atoms with Crippen LogP contribution in [0, 0.1) is 5.92 Å². The molecule has 0 aromatic heterocycles. The number of fused-ring (bicyclic) bond motifs is 1. The van der Waals surface area contributed by atoms with E-state index in [1.165, 1.54) is 9.80 Å². The third kappa shape index (κ3) is 6.90. The molecule has 9 nitrogen and oxygen atoms in total. The summed E-state index contributed by atoms with van der Waals surface area (Å²) in [4.78, 5) is 52.5. The number of carboxylic acids is 1. The minimum absolute atomic E-state index is 0.212. The maximum atomic E-state index is 13.8. The maximum Gasteiger partial charge on any atom is 0.347 e. The summed E-state index contributed by atoms with van der Waals surface area (Å²) in [7, 11) is -4.35. The fraction of sp³-hybridized carbons (Fsp3) is 0.464. The first-order valence-corrected chi connectivity index (χ1v) is 14.9. The molecule has 0 bridgehead atoms. The van der Waals surface area contributed by atoms with Crippen LogP contribution in [-0.4, -0.2) is 57.7 Å². The van der Waals surface area contributed by atoms with Crippen molar-refractivity contribution in [1.82, 2.24) is 4.90 Å². The summed E-state index contributed by atoms with van der Waals surface area (Å²) in [6, 6.07) is 15.4. The van der Waals surface area contributed by atoms with Crippen molar-refractivity contribution in [3.63, 3.8) is 0 Å². The molecule has 38 heavy (non-hydrogen) atoms. The van der Waals surface area contributed by atoms with E-state index in [4.69, 9.17) is 4.52 Å². The molecule has 4 rings (SSSR count). The van der Waals surface area contributed by atoms with Gasteiger partial charge in [-0.15, -0.1) is 0 Å². The van der Waals surface area contributed by atoms with E-state index in [9.17, 15) is 28.9 Å². The zero-order valence-electron chi connectivity index (χ0n) is 21.6. The van der Waals surface area contributed by atoms with Crippen LogP contribution in [0.4, 0.5) is 5.69 Å². The largest absolute Gasteiger partial charge is 0.480 e. The molecule has 0 saturated heterocycles. The van der Waals surface area contributed by atoms with Gasteiger partial charge in [-0.1, -0.05) is 61.4 Å². The molecule has 0 spiro atoms. The fourth-order valence-corrected chi connectivity index (χ4v) is 6.93. The van der Waals surface area contributed by atoms with Crippen molar-refractivity contribution in [3.05, 3.63) is 65.7 Å². The molecule has 1 heterocycles. The first-order valence-electron chi connectivity index (χ1n) is 13.1. The lowest BCUT2D eigenvalue weighted by atomic mass is 10.0. The molecule has 1 aliphatic heterocycles. The highest BCUT2D eigenvalue weighted by Gasteiger charge is 2.42. The number of benzene rings is 2. The number of hydrogen-bond donors (Lipinski definition) is 2. The van der Waals surface area contributed by atoms with Crippen molar-refractivity contribution < 1.29 is 33.5 Å². The molecule has 2 aliphatic rings. The number of rotatable bonds is 10. The number of carbonyl (C=O) groups excluding carboxylic acids is 2. The van der Waals surface area contributed by atoms with Crippen LogP contribution in [0.2, 0.25) is 0 Å². The van der Waals surface area contributed by atoms with Gasteiger partial charge in [0, 0.05) is 11.6 Å². The summed E-state index contributed by atoms with van der Waals surface area (Å²) in [5, 5.41) is 9.54. The van der Waals surface area contributed by atoms with E-state index in [-0.39, 0.29) is 18.2 Å². The number of carbonyl (C=O) groups is 3. The van der Waals surface area contributed by atoms with E-state index in [0.29, 0.717) is 31.4 Å². The standard InChI is InChI=1S/C28H35N2O7P/c1-20(17-21-9-3-2-4-10-21)37-38(35,36)19-30(27(33)23-12-5-6-13-23)25-16-15-22-11-7-8-14-24(22)29(28(25)34)18-26(31)32/h2-4,7-11,14,20,23,25H,5-6,12-13,15-19H2,1H3,(H,31,32)(H,35,36)/t20?,25-/m0/s1. The number of aryl methyl sites for hydroxylation is 1. The monoisotopic (exact) mass is 542 g/mol. The van der Waals surface area contributed by atoms with E-state index in [1.807, 2.05) is 42.5 Å². The van der Waals surface area contributed by atoms with Gasteiger partial charge in [-0.05, 0) is 56.2 Å². The molecule has 0 radical (unpaired) electrons. The molecule has 1 saturated carbocycles. The summed E-state index contributed by atoms with van der Waals surface area (Å²) in [6.07, 6.45) is 2.85. The Hall–Kier alpha value is -3.00. The van der Waals surface area contributed by atoms with Crippen molar-refractivity contribution in [3.8, 4) is 0 Å². The summed E-state index contributed by atoms with van der Waals surface area (Å²) in [5.41, 5.74) is 2.22. The summed E-state index contributed by atoms with van der Waals surface area (Å²) < 4.78 is 19.0. The van der Waals surface area contributed by atoms with Gasteiger partial charge >= 0.3 is 13.6 Å². The van der Waals surface area contributed by atoms with Crippen molar-refractivity contribution in [2.45, 2.75) is 64.0 Å². The molecule has 1 fully saturated rings. The Kier molecular flexibility index (Phi) is 9.03. The van der Waals surface area contributed by atoms with Crippen LogP contribution in [0.3, 0.4) is 0 Å². The predicted octanol–water partition coefficient (Wildman–Crippen LogP) is 4.23. The van der Waals surface area contributed by atoms with Gasteiger partial charge in [0.15, 0.2) is 0 Å². The van der Waals surface area contributed by atoms with Crippen LogP contribution in [0.15, 0.2) is 54.6 Å². The average molecular weight is 543 g/mol. The number of nitrogens with zero attached hydrogens (tertiary/aromatic N) is 2. The number of amides is 2. The van der Waals surface area contributed by atoms with Gasteiger partial charge in [-0.2, -0.15) is 0 Å². The van der Waals surface area contributed by atoms with Gasteiger partial charge in [-0.3, -0.25) is 23.8 Å². The Morgan fingerprint density at radius 2 is 1.74 bits per heavy atom. The van der Waals surface area contributed by atoms with Crippen molar-refractivity contribution in [2.24, 2.45) is 5.92 Å². The van der Waals surface area contributed by atoms with Gasteiger partial charge in [0.2, 0.25) is 11.8 Å². The highest BCUT2D eigenvalue weighted by atomic mass is 31.2. The lowest BCUT2D eigenvalue weighted by molar-refractivity contribution is -0.142. The fourth-order valence-electron chi connectivity index (χ4n) is 5.51. The Morgan fingerprint density at radius 3 is 2.42 bits per heavy atom. The lowest BCUT2D eigenvalue weighted by Gasteiger charge is -2.35. The number of para-hydroxylation sites is 1. The molecular weight excluding hydrogens is 507 g/mol. The minimum atomic E-state index is -4.35. The Balaban J connectivity index is 1.60. The minimum Gasteiger partial charge on any atom is -0.480 e. The van der Waals surface area contributed by atoms with Crippen LogP contribution in [0.5, 0.6) is 0 Å². The zero-order valence-corrected chi connectivity index (χ0v) is 22.5. The number of anilines is 1. The highest BCUT2D eigenvalue weighted by molar-refractivity contribution is 7.52. The number of carboxylic acid groups (broad SMARTS) is 1. The van der Waals surface area contributed by atoms with Crippen molar-refractivity contribution in [1.29, 1.82) is 0 Å². The first-order chi connectivity index (χ1) is 18.1. The number of hydrogen-bond acceptors (Lipinski definition) is 5. The van der Waals surface area contributed by atoms with Gasteiger partial charge in [0.05, 0.1) is 6.10 Å². The van der Waals surface area contributed by atoms with Gasteiger partial charge < -0.3 is 19.4 Å². The third-order valence-corrected chi connectivity index (χ3v) is 8.57. The van der Waals surface area contributed by atoms with Gasteiger partial charge in [0.1, 0.15) is 18.9 Å². The molecule has 204 valence electrons. The van der Waals surface area contributed by atoms with Crippen LogP contribution in [0.1, 0.15) is 50.2 Å². The Morgan fingerprint density at radius 1 is 1.08 bits per heavy atom. The third-order valence-electron chi connectivity index (χ3n) is 7.22. The number of aliphatic carboxylic acids is 1. The summed E-state index contributed by atoms with van der Waals surface area (Å²) >= 11 is 0. The van der Waals surface area contributed by atoms with E-state index in [1.54, 1.807) is 19.1 Å². The molecule has 2 aromatic rings. The van der Waals surface area contributed by atoms with Gasteiger partial charge in [0.25, 0.3) is 0 Å². The molecular formula is C28H35N2O7P. The summed E-state index contributed by atoms with van der Waals surface area (Å²) in [6.45, 7) is 1.13. The Bertz CT molecular complexity index is 1200. The van der Waals surface area contributed by atoms with Crippen LogP contribution >= 0.6 is 7.60 Å². The highest BCUT2D eigenvalue weighted by Crippen LogP contribution is 2.46. The molecule has 2 aromatic carbocycles. The lowest BCUT2D eigenvalue weighted by Crippen LogP contribution is -2.53. The van der Waals surface area contributed by atoms with Crippen LogP contribution < -0.4 is 4.90 Å². The smallest absolute Gasteiger partial charge is 0.347 e. The second kappa shape index (κ2) is 12.2. The molecule has 2 amide bonds. The maximum absolute atomic E-state index is 13.8. The van der Waals surface area contributed by atoms with E-state index < -0.39 is 44.4 Å². The van der Waals surface area contributed by atoms with Crippen molar-refractivity contribution in [2.75, 3.05) is 17.7 Å². The molecule has 1 aliphatic carbocycles. The SMILES string of the molecule is CC(Cc1ccccc1)OP(=O)(O)CN(C(=O)C1CCCC1)[C@H]1CCc2ccccc2N(CC(=O)O)C1=O. The average Bonchev–Trinajstić information content (AvgIpc) is 3.37. The van der Waals surface area contributed by atoms with Crippen LogP contribution in [0.25, 0.3) is 0 Å². The van der Waals surface area contributed by atoms with Gasteiger partial charge in [-0.25, -0.2) is 0 Å². The predicted molar refractivity (Wildman–Crippen MR) is 143 cm³/mol. The van der Waals surface area contributed by atoms with E-state index >= 15 is 0 Å². The van der Waals surface area contributed by atoms with Crippen LogP contribution in [-0.2, 0) is 36.3 Å². The zero-order chi connectivity index (χ0) is 27.3. The second-order valence-corrected chi connectivity index (χ2v) is 11.9. The topological polar surface area (TPSA) is 124 Å². The first kappa shape index (κ1) is 28.0. The normalized spacial score (nSPS) is 20.3. The Labute approximate surface area is 222 Å². The molecule has 2 N–H and O–H groups in total. The summed E-state index contributed by atoms with van der Waals surface area (Å²) in [5.74, 6) is -2.45. The van der Waals surface area contributed by atoms with E-state index in [0.717, 1.165) is 24.0 Å². The quantitative estimate of drug-likeness (QED) is 0.431. The van der Waals surface area contributed by atoms with Crippen molar-refractivity contribution >= 4 is 31.1 Å². The molecule has 2 unspecified atom stereocenters. The van der Waals surface area contributed by atoms with E-state index in [2.05, 4.69) is 0 Å². The molecule has 3 atom stereocenters. The molecule has 10 heteroatoms. The second-order valence-electron chi connectivity index (χ2n) is 10.2.